The van der Waals surface area contributed by atoms with Crippen molar-refractivity contribution in [3.05, 3.63) is 64.7 Å². The number of nitrogens with zero attached hydrogens (tertiary/aromatic N) is 1. The van der Waals surface area contributed by atoms with Gasteiger partial charge < -0.3 is 10.1 Å². The first-order chi connectivity index (χ1) is 14.2. The van der Waals surface area contributed by atoms with E-state index >= 15 is 0 Å². The minimum atomic E-state index is -0.707. The minimum Gasteiger partial charge on any atom is -0.491 e. The van der Waals surface area contributed by atoms with Crippen LogP contribution in [0.4, 0.5) is 0 Å². The van der Waals surface area contributed by atoms with Crippen molar-refractivity contribution in [3.63, 3.8) is 0 Å². The van der Waals surface area contributed by atoms with E-state index < -0.39 is 6.04 Å². The molecule has 1 atom stereocenters. The van der Waals surface area contributed by atoms with Crippen molar-refractivity contribution in [1.82, 2.24) is 10.7 Å². The van der Waals surface area contributed by atoms with Gasteiger partial charge in [-0.15, -0.1) is 0 Å². The van der Waals surface area contributed by atoms with E-state index in [4.69, 9.17) is 16.3 Å². The lowest BCUT2D eigenvalue weighted by Gasteiger charge is -2.19. The molecule has 0 aliphatic carbocycles. The highest BCUT2D eigenvalue weighted by atomic mass is 35.5. The van der Waals surface area contributed by atoms with E-state index in [1.165, 1.54) is 0 Å². The maximum absolute atomic E-state index is 12.6. The summed E-state index contributed by atoms with van der Waals surface area (Å²) < 4.78 is 5.65. The van der Waals surface area contributed by atoms with E-state index in [0.717, 1.165) is 11.3 Å². The molecule has 0 heterocycles. The van der Waals surface area contributed by atoms with Crippen LogP contribution in [-0.2, 0) is 4.79 Å². The molecule has 0 aliphatic rings. The first-order valence-electron chi connectivity index (χ1n) is 9.90. The number of hydrogen-bond acceptors (Lipinski definition) is 4. The number of carbonyl (C=O) groups is 2. The lowest BCUT2D eigenvalue weighted by molar-refractivity contribution is -0.123. The molecule has 2 amide bonds. The highest BCUT2D eigenvalue weighted by molar-refractivity contribution is 6.30. The van der Waals surface area contributed by atoms with Crippen LogP contribution < -0.4 is 15.5 Å². The number of halogens is 1. The summed E-state index contributed by atoms with van der Waals surface area (Å²) >= 11 is 5.86. The van der Waals surface area contributed by atoms with Crippen molar-refractivity contribution in [2.45, 2.75) is 46.3 Å². The van der Waals surface area contributed by atoms with Gasteiger partial charge in [0.1, 0.15) is 11.8 Å². The molecule has 2 aromatic carbocycles. The van der Waals surface area contributed by atoms with E-state index in [2.05, 4.69) is 15.8 Å². The smallest absolute Gasteiger partial charge is 0.262 e. The molecule has 0 saturated heterocycles. The van der Waals surface area contributed by atoms with Crippen LogP contribution in [0.2, 0.25) is 5.02 Å². The van der Waals surface area contributed by atoms with E-state index in [9.17, 15) is 9.59 Å². The molecular formula is C23H28ClN3O3. The van der Waals surface area contributed by atoms with Gasteiger partial charge in [-0.3, -0.25) is 9.59 Å². The maximum atomic E-state index is 12.6. The molecule has 2 rings (SSSR count). The first kappa shape index (κ1) is 23.4. The van der Waals surface area contributed by atoms with Crippen LogP contribution in [0, 0.1) is 5.92 Å². The van der Waals surface area contributed by atoms with Crippen molar-refractivity contribution in [2.24, 2.45) is 11.0 Å². The van der Waals surface area contributed by atoms with Crippen LogP contribution >= 0.6 is 11.6 Å². The molecule has 0 bridgehead atoms. The summed E-state index contributed by atoms with van der Waals surface area (Å²) in [6.07, 6.45) is 2.09. The standard InChI is InChI=1S/C23H28ClN3O3/c1-15(2)12-21(26-22(28)18-8-10-19(24)11-9-18)23(29)27-25-14-17-6-5-7-20(13-17)30-16(3)4/h5-11,13-16,21H,12H2,1-4H3,(H,26,28)(H,27,29). The Bertz CT molecular complexity index is 880. The fourth-order valence-electron chi connectivity index (χ4n) is 2.73. The summed E-state index contributed by atoms with van der Waals surface area (Å²) in [7, 11) is 0. The average molecular weight is 430 g/mol. The van der Waals surface area contributed by atoms with Gasteiger partial charge in [-0.1, -0.05) is 37.6 Å². The molecule has 0 spiro atoms. The molecule has 0 aliphatic heterocycles. The zero-order valence-corrected chi connectivity index (χ0v) is 18.4. The fraction of sp³-hybridized carbons (Fsp3) is 0.348. The van der Waals surface area contributed by atoms with Crippen LogP contribution in [0.15, 0.2) is 53.6 Å². The number of amides is 2. The van der Waals surface area contributed by atoms with Crippen LogP contribution in [0.5, 0.6) is 5.75 Å². The van der Waals surface area contributed by atoms with Gasteiger partial charge in [-0.2, -0.15) is 5.10 Å². The van der Waals surface area contributed by atoms with Gasteiger partial charge in [0.15, 0.2) is 0 Å². The SMILES string of the molecule is CC(C)CC(NC(=O)c1ccc(Cl)cc1)C(=O)NN=Cc1cccc(OC(C)C)c1. The topological polar surface area (TPSA) is 79.8 Å². The van der Waals surface area contributed by atoms with Gasteiger partial charge >= 0.3 is 0 Å². The lowest BCUT2D eigenvalue weighted by Crippen LogP contribution is -2.46. The second-order valence-corrected chi connectivity index (χ2v) is 8.07. The van der Waals surface area contributed by atoms with E-state index in [1.807, 2.05) is 52.0 Å². The summed E-state index contributed by atoms with van der Waals surface area (Å²) in [5.74, 6) is 0.222. The van der Waals surface area contributed by atoms with Crippen molar-refractivity contribution >= 4 is 29.6 Å². The number of rotatable bonds is 9. The second-order valence-electron chi connectivity index (χ2n) is 7.64. The van der Waals surface area contributed by atoms with Gasteiger partial charge in [0.05, 0.1) is 12.3 Å². The zero-order valence-electron chi connectivity index (χ0n) is 17.7. The van der Waals surface area contributed by atoms with Crippen molar-refractivity contribution in [3.8, 4) is 5.75 Å². The molecule has 2 aromatic rings. The molecule has 30 heavy (non-hydrogen) atoms. The number of hydrogen-bond donors (Lipinski definition) is 2. The number of ether oxygens (including phenoxy) is 1. The molecule has 6 nitrogen and oxygen atoms in total. The Balaban J connectivity index is 2.01. The number of nitrogens with one attached hydrogen (secondary N) is 2. The van der Waals surface area contributed by atoms with Gasteiger partial charge in [0.2, 0.25) is 0 Å². The average Bonchev–Trinajstić information content (AvgIpc) is 2.67. The Labute approximate surface area is 182 Å². The van der Waals surface area contributed by atoms with Gasteiger partial charge in [-0.25, -0.2) is 5.43 Å². The van der Waals surface area contributed by atoms with Crippen molar-refractivity contribution < 1.29 is 14.3 Å². The number of carbonyl (C=O) groups excluding carboxylic acids is 2. The molecule has 7 heteroatoms. The quantitative estimate of drug-likeness (QED) is 0.457. The summed E-state index contributed by atoms with van der Waals surface area (Å²) in [4.78, 5) is 25.1. The molecule has 1 unspecified atom stereocenters. The third-order valence-corrected chi connectivity index (χ3v) is 4.31. The highest BCUT2D eigenvalue weighted by Crippen LogP contribution is 2.14. The molecule has 160 valence electrons. The van der Waals surface area contributed by atoms with Gasteiger partial charge in [0, 0.05) is 10.6 Å². The van der Waals surface area contributed by atoms with Crippen molar-refractivity contribution in [2.75, 3.05) is 0 Å². The van der Waals surface area contributed by atoms with E-state index in [0.29, 0.717) is 17.0 Å². The van der Waals surface area contributed by atoms with E-state index in [1.54, 1.807) is 30.5 Å². The van der Waals surface area contributed by atoms with Crippen LogP contribution in [0.25, 0.3) is 0 Å². The largest absolute Gasteiger partial charge is 0.491 e. The number of benzene rings is 2. The van der Waals surface area contributed by atoms with Gasteiger partial charge in [0.25, 0.3) is 11.8 Å². The Hall–Kier alpha value is -2.86. The predicted octanol–water partition coefficient (Wildman–Crippen LogP) is 4.42. The Morgan fingerprint density at radius 1 is 1.10 bits per heavy atom. The third-order valence-electron chi connectivity index (χ3n) is 4.05. The molecule has 0 fully saturated rings. The lowest BCUT2D eigenvalue weighted by atomic mass is 10.0. The second kappa shape index (κ2) is 11.4. The Morgan fingerprint density at radius 3 is 2.43 bits per heavy atom. The van der Waals surface area contributed by atoms with Crippen molar-refractivity contribution in [1.29, 1.82) is 0 Å². The summed E-state index contributed by atoms with van der Waals surface area (Å²) in [6, 6.07) is 13.2. The predicted molar refractivity (Wildman–Crippen MR) is 120 cm³/mol. The Kier molecular flexibility index (Phi) is 8.87. The molecule has 0 aromatic heterocycles. The molecule has 2 N–H and O–H groups in total. The summed E-state index contributed by atoms with van der Waals surface area (Å²) in [6.45, 7) is 7.87. The fourth-order valence-corrected chi connectivity index (χ4v) is 2.86. The summed E-state index contributed by atoms with van der Waals surface area (Å²) in [5, 5.41) is 7.35. The molecule has 0 saturated carbocycles. The third kappa shape index (κ3) is 7.87. The molecule has 0 radical (unpaired) electrons. The van der Waals surface area contributed by atoms with Crippen LogP contribution in [0.1, 0.15) is 50.0 Å². The first-order valence-corrected chi connectivity index (χ1v) is 10.3. The number of hydrazone groups is 1. The normalized spacial score (nSPS) is 12.2. The van der Waals surface area contributed by atoms with Gasteiger partial charge in [-0.05, 0) is 68.1 Å². The zero-order chi connectivity index (χ0) is 22.1. The van der Waals surface area contributed by atoms with E-state index in [-0.39, 0.29) is 23.8 Å². The summed E-state index contributed by atoms with van der Waals surface area (Å²) in [5.41, 5.74) is 3.74. The van der Waals surface area contributed by atoms with Crippen LogP contribution in [-0.4, -0.2) is 30.2 Å². The Morgan fingerprint density at radius 2 is 1.80 bits per heavy atom. The minimum absolute atomic E-state index is 0.0675. The maximum Gasteiger partial charge on any atom is 0.262 e. The highest BCUT2D eigenvalue weighted by Gasteiger charge is 2.22. The van der Waals surface area contributed by atoms with Crippen LogP contribution in [0.3, 0.4) is 0 Å². The molecular weight excluding hydrogens is 402 g/mol. The monoisotopic (exact) mass is 429 g/mol.